The van der Waals surface area contributed by atoms with Gasteiger partial charge in [0.15, 0.2) is 0 Å². The lowest BCUT2D eigenvalue weighted by Crippen LogP contribution is -2.50. The molecule has 0 aliphatic heterocycles. The van der Waals surface area contributed by atoms with E-state index in [0.29, 0.717) is 22.7 Å². The fourth-order valence-corrected chi connectivity index (χ4v) is 16.0. The number of benzene rings is 5. The molecule has 0 bridgehead atoms. The van der Waals surface area contributed by atoms with Crippen molar-refractivity contribution >= 4 is 56.4 Å². The Balaban J connectivity index is 1.00. The van der Waals surface area contributed by atoms with E-state index >= 15 is 0 Å². The molecule has 2 aromatic heterocycles. The number of rotatable bonds is 10. The number of thiophene rings is 1. The summed E-state index contributed by atoms with van der Waals surface area (Å²) >= 11 is 1.86. The third kappa shape index (κ3) is 7.54. The highest BCUT2D eigenvalue weighted by atomic mass is 32.1. The second kappa shape index (κ2) is 16.9. The molecule has 382 valence electrons. The van der Waals surface area contributed by atoms with Crippen molar-refractivity contribution in [3.63, 3.8) is 0 Å². The van der Waals surface area contributed by atoms with E-state index in [4.69, 9.17) is 9.97 Å². The summed E-state index contributed by atoms with van der Waals surface area (Å²) in [5.74, 6) is 1.92. The lowest BCUT2D eigenvalue weighted by molar-refractivity contribution is 0.00808. The molecule has 0 radical (unpaired) electrons. The van der Waals surface area contributed by atoms with Crippen molar-refractivity contribution in [3.05, 3.63) is 178 Å². The largest absolute Gasteiger partial charge is 0.335 e. The van der Waals surface area contributed by atoms with Crippen LogP contribution in [0, 0.1) is 22.7 Å². The molecule has 7 atom stereocenters. The Hall–Kier alpha value is -5.78. The summed E-state index contributed by atoms with van der Waals surface area (Å²) in [4.78, 5) is 19.0. The molecule has 0 saturated heterocycles. The summed E-state index contributed by atoms with van der Waals surface area (Å²) in [6.45, 7) is 39.5. The van der Waals surface area contributed by atoms with Crippen LogP contribution in [-0.2, 0) is 27.1 Å². The van der Waals surface area contributed by atoms with Gasteiger partial charge in [0.2, 0.25) is 0 Å². The van der Waals surface area contributed by atoms with Crippen LogP contribution in [0.5, 0.6) is 0 Å². The van der Waals surface area contributed by atoms with E-state index in [1.54, 1.807) is 0 Å². The van der Waals surface area contributed by atoms with Gasteiger partial charge < -0.3 is 9.80 Å². The number of hydrogen-bond acceptors (Lipinski definition) is 5. The molecule has 4 aliphatic carbocycles. The SMILES string of the molecule is C/C=C(\C=C/C(C)N(c1ccc(C(C)(C)C)cc1)c1ccc(C(C)(C)C)cc1)c1sc(-c2ccc(N(c3ccc(C(C)(C)C)cc3)c3ccc(C(C)(C)C)cc3)cc2)c2nc3c(nc12)C1C(C)C2C4(C)CC3(C)[C@]124. The molecule has 3 saturated carbocycles. The maximum atomic E-state index is 5.88. The molecule has 74 heavy (non-hydrogen) atoms. The third-order valence-electron chi connectivity index (χ3n) is 18.5. The highest BCUT2D eigenvalue weighted by Gasteiger charge is 3.00. The number of fused-ring (bicyclic) bond motifs is 5. The normalized spacial score (nSPS) is 24.5. The van der Waals surface area contributed by atoms with Crippen molar-refractivity contribution in [3.8, 4) is 10.4 Å². The summed E-state index contributed by atoms with van der Waals surface area (Å²) in [6, 6.07) is 46.0. The molecular formula is C69H80N4S. The molecule has 2 heterocycles. The summed E-state index contributed by atoms with van der Waals surface area (Å²) in [5, 5.41) is 0. The fourth-order valence-electron chi connectivity index (χ4n) is 14.8. The second-order valence-corrected chi connectivity index (χ2v) is 28.3. The first kappa shape index (κ1) is 50.4. The monoisotopic (exact) mass is 997 g/mol. The van der Waals surface area contributed by atoms with E-state index in [0.717, 1.165) is 34.0 Å². The lowest BCUT2D eigenvalue weighted by atomic mass is 9.50. The smallest absolute Gasteiger partial charge is 0.108 e. The van der Waals surface area contributed by atoms with Crippen molar-refractivity contribution in [2.75, 3.05) is 9.80 Å². The average Bonchev–Trinajstić information content (AvgIpc) is 3.78. The Kier molecular flexibility index (Phi) is 11.5. The second-order valence-electron chi connectivity index (χ2n) is 27.3. The van der Waals surface area contributed by atoms with Gasteiger partial charge in [0.05, 0.1) is 21.1 Å². The van der Waals surface area contributed by atoms with E-state index < -0.39 is 0 Å². The maximum Gasteiger partial charge on any atom is 0.108 e. The molecule has 5 heteroatoms. The summed E-state index contributed by atoms with van der Waals surface area (Å²) in [6.07, 6.45) is 8.25. The minimum absolute atomic E-state index is 0.0479. The van der Waals surface area contributed by atoms with Crippen LogP contribution < -0.4 is 9.80 Å². The lowest BCUT2D eigenvalue weighted by Gasteiger charge is -2.52. The molecule has 4 aliphatic rings. The minimum atomic E-state index is 0.0479. The first-order valence-electron chi connectivity index (χ1n) is 27.5. The topological polar surface area (TPSA) is 32.3 Å². The van der Waals surface area contributed by atoms with Gasteiger partial charge in [-0.3, -0.25) is 0 Å². The van der Waals surface area contributed by atoms with Gasteiger partial charge in [-0.15, -0.1) is 11.3 Å². The Morgan fingerprint density at radius 1 is 0.595 bits per heavy atom. The van der Waals surface area contributed by atoms with E-state index in [1.807, 2.05) is 11.3 Å². The van der Waals surface area contributed by atoms with Crippen molar-refractivity contribution < 1.29 is 0 Å². The van der Waals surface area contributed by atoms with Gasteiger partial charge in [-0.1, -0.05) is 183 Å². The van der Waals surface area contributed by atoms with Crippen molar-refractivity contribution in [2.45, 2.75) is 163 Å². The van der Waals surface area contributed by atoms with Crippen LogP contribution in [0.25, 0.3) is 27.0 Å². The van der Waals surface area contributed by atoms with Gasteiger partial charge in [-0.2, -0.15) is 0 Å². The molecule has 6 unspecified atom stereocenters. The molecule has 7 aromatic rings. The molecule has 11 rings (SSSR count). The van der Waals surface area contributed by atoms with E-state index in [2.05, 4.69) is 267 Å². The van der Waals surface area contributed by atoms with Crippen LogP contribution in [0.2, 0.25) is 0 Å². The van der Waals surface area contributed by atoms with E-state index in [1.165, 1.54) is 72.3 Å². The Bertz CT molecular complexity index is 3230. The molecule has 4 nitrogen and oxygen atoms in total. The molecule has 1 spiro atoms. The van der Waals surface area contributed by atoms with Crippen LogP contribution in [0.4, 0.5) is 28.4 Å². The average molecular weight is 997 g/mol. The predicted molar refractivity (Wildman–Crippen MR) is 318 cm³/mol. The van der Waals surface area contributed by atoms with Gasteiger partial charge in [-0.25, -0.2) is 9.97 Å². The first-order valence-corrected chi connectivity index (χ1v) is 28.4. The van der Waals surface area contributed by atoms with Crippen molar-refractivity contribution in [1.82, 2.24) is 9.97 Å². The number of nitrogens with zero attached hydrogens (tertiary/aromatic N) is 4. The molecule has 5 aromatic carbocycles. The molecule has 0 N–H and O–H groups in total. The van der Waals surface area contributed by atoms with Crippen LogP contribution >= 0.6 is 11.3 Å². The van der Waals surface area contributed by atoms with Gasteiger partial charge >= 0.3 is 0 Å². The molecular weight excluding hydrogens is 917 g/mol. The zero-order valence-electron chi connectivity index (χ0n) is 47.5. The number of anilines is 5. The van der Waals surface area contributed by atoms with Gasteiger partial charge in [0.1, 0.15) is 11.0 Å². The Morgan fingerprint density at radius 2 is 1.01 bits per heavy atom. The highest BCUT2D eigenvalue weighted by molar-refractivity contribution is 7.18. The Morgan fingerprint density at radius 3 is 1.42 bits per heavy atom. The van der Waals surface area contributed by atoms with Crippen molar-refractivity contribution in [1.29, 1.82) is 0 Å². The third-order valence-corrected chi connectivity index (χ3v) is 19.8. The summed E-state index contributed by atoms with van der Waals surface area (Å²) < 4.78 is 0. The molecule has 3 fully saturated rings. The fraction of sp³-hybridized carbons (Fsp3) is 0.420. The van der Waals surface area contributed by atoms with E-state index in [-0.39, 0.29) is 33.1 Å². The predicted octanol–water partition coefficient (Wildman–Crippen LogP) is 19.2. The van der Waals surface area contributed by atoms with E-state index in [9.17, 15) is 0 Å². The summed E-state index contributed by atoms with van der Waals surface area (Å²) in [5.41, 5.74) is 19.2. The Labute approximate surface area is 448 Å². The highest BCUT2D eigenvalue weighted by Crippen LogP contribution is 3.03. The number of hydrogen-bond donors (Lipinski definition) is 0. The van der Waals surface area contributed by atoms with Crippen LogP contribution in [0.3, 0.4) is 0 Å². The van der Waals surface area contributed by atoms with Crippen molar-refractivity contribution in [2.24, 2.45) is 22.7 Å². The van der Waals surface area contributed by atoms with Crippen LogP contribution in [-0.4, -0.2) is 16.0 Å². The standard InChI is InChI=1S/C69H80N4S/c1-18-44(20-19-42(2)72(50-33-23-46(24-34-50)63(4,5)6)51-35-25-47(26-36-51)64(7,8)9)59-57-58(71-62-56(70-57)55-43(3)61-67(16)41-68(62,17)69(55,61)67)60(74-59)45-21-31-52(32-22-45)73(53-37-27-48(28-38-53)65(10,11)12)54-39-29-49(30-40-54)66(13,14)15/h18-40,42-43,55,61H,41H2,1-17H3/b20-19-,44-18+/t42?,43?,55?,61?,67?,68?,69-/m1/s1. The quantitative estimate of drug-likeness (QED) is 0.128. The molecule has 0 amide bonds. The van der Waals surface area contributed by atoms with Crippen LogP contribution in [0.15, 0.2) is 140 Å². The minimum Gasteiger partial charge on any atom is -0.335 e. The van der Waals surface area contributed by atoms with Gasteiger partial charge in [-0.05, 0) is 159 Å². The number of aromatic nitrogens is 2. The van der Waals surface area contributed by atoms with Crippen LogP contribution in [0.1, 0.15) is 169 Å². The maximum absolute atomic E-state index is 5.88. The zero-order valence-corrected chi connectivity index (χ0v) is 48.3. The zero-order chi connectivity index (χ0) is 52.9. The number of allylic oxidation sites excluding steroid dienone is 3. The van der Waals surface area contributed by atoms with Gasteiger partial charge in [0.25, 0.3) is 0 Å². The summed E-state index contributed by atoms with van der Waals surface area (Å²) in [7, 11) is 0. The first-order chi connectivity index (χ1) is 34.7. The van der Waals surface area contributed by atoms with Gasteiger partial charge in [0, 0.05) is 45.8 Å².